The van der Waals surface area contributed by atoms with Crippen molar-refractivity contribution in [2.24, 2.45) is 13.0 Å². The minimum atomic E-state index is -0.318. The smallest absolute Gasteiger partial charge is 0.407 e. The largest absolute Gasteiger partial charge is 0.446 e. The lowest BCUT2D eigenvalue weighted by Gasteiger charge is -2.30. The second-order valence-electron chi connectivity index (χ2n) is 9.70. The third-order valence-corrected chi connectivity index (χ3v) is 6.73. The van der Waals surface area contributed by atoms with Gasteiger partial charge in [-0.2, -0.15) is 5.10 Å². The lowest BCUT2D eigenvalue weighted by Crippen LogP contribution is -2.43. The standard InChI is InChI=1S/C22H33N5O2S/c1-22(2,3)26-21(28)29-16-9-7-15(8-10-16)25-20-23-13-19(30-20)17-12-24-27(4)18(17)11-14-5-6-14/h12-16H,5-11H2,1-4H3,(H,23,25)(H,26,28). The molecule has 0 aliphatic heterocycles. The molecule has 0 radical (unpaired) electrons. The number of rotatable bonds is 6. The number of carbonyl (C=O) groups is 1. The van der Waals surface area contributed by atoms with Crippen LogP contribution in [0.4, 0.5) is 9.93 Å². The number of nitrogens with one attached hydrogen (secondary N) is 2. The molecule has 0 spiro atoms. The molecule has 2 aromatic heterocycles. The normalized spacial score (nSPS) is 22.0. The van der Waals surface area contributed by atoms with Gasteiger partial charge in [0, 0.05) is 36.1 Å². The minimum absolute atomic E-state index is 0.00219. The first kappa shape index (κ1) is 21.2. The summed E-state index contributed by atoms with van der Waals surface area (Å²) in [6.45, 7) is 5.87. The van der Waals surface area contributed by atoms with Crippen LogP contribution in [0.25, 0.3) is 10.4 Å². The molecule has 8 heteroatoms. The molecule has 0 saturated heterocycles. The zero-order chi connectivity index (χ0) is 21.3. The fourth-order valence-corrected chi connectivity index (χ4v) is 4.88. The number of anilines is 1. The molecular formula is C22H33N5O2S. The summed E-state index contributed by atoms with van der Waals surface area (Å²) in [5, 5.41) is 11.9. The van der Waals surface area contributed by atoms with Gasteiger partial charge in [-0.15, -0.1) is 0 Å². The first-order chi connectivity index (χ1) is 14.3. The summed E-state index contributed by atoms with van der Waals surface area (Å²) in [7, 11) is 2.03. The minimum Gasteiger partial charge on any atom is -0.446 e. The molecule has 1 amide bonds. The maximum Gasteiger partial charge on any atom is 0.407 e. The van der Waals surface area contributed by atoms with Crippen molar-refractivity contribution in [2.45, 2.75) is 83.4 Å². The number of alkyl carbamates (subject to hydrolysis) is 1. The third-order valence-electron chi connectivity index (χ3n) is 5.76. The van der Waals surface area contributed by atoms with E-state index < -0.39 is 0 Å². The van der Waals surface area contributed by atoms with Crippen LogP contribution in [0.1, 0.15) is 65.0 Å². The molecule has 4 rings (SSSR count). The highest BCUT2D eigenvalue weighted by Crippen LogP contribution is 2.38. The predicted octanol–water partition coefficient (Wildman–Crippen LogP) is 4.74. The van der Waals surface area contributed by atoms with E-state index in [0.717, 1.165) is 43.2 Å². The molecule has 30 heavy (non-hydrogen) atoms. The maximum atomic E-state index is 12.0. The van der Waals surface area contributed by atoms with Crippen molar-refractivity contribution in [3.05, 3.63) is 18.1 Å². The Bertz CT molecular complexity index is 872. The summed E-state index contributed by atoms with van der Waals surface area (Å²) in [5.41, 5.74) is 2.27. The van der Waals surface area contributed by atoms with Gasteiger partial charge in [-0.25, -0.2) is 9.78 Å². The molecule has 2 aliphatic carbocycles. The Morgan fingerprint density at radius 1 is 1.20 bits per heavy atom. The second-order valence-corrected chi connectivity index (χ2v) is 10.7. The quantitative estimate of drug-likeness (QED) is 0.690. The molecule has 0 atom stereocenters. The van der Waals surface area contributed by atoms with Crippen LogP contribution in [0.3, 0.4) is 0 Å². The zero-order valence-corrected chi connectivity index (χ0v) is 19.2. The van der Waals surface area contributed by atoms with Crippen LogP contribution in [0.15, 0.2) is 12.4 Å². The molecule has 7 nitrogen and oxygen atoms in total. The lowest BCUT2D eigenvalue weighted by atomic mass is 9.93. The summed E-state index contributed by atoms with van der Waals surface area (Å²) in [6, 6.07) is 0.370. The summed E-state index contributed by atoms with van der Waals surface area (Å²) in [6.07, 6.45) is 11.1. The van der Waals surface area contributed by atoms with E-state index >= 15 is 0 Å². The van der Waals surface area contributed by atoms with Gasteiger partial charge < -0.3 is 15.4 Å². The molecule has 164 valence electrons. The average molecular weight is 432 g/mol. The highest BCUT2D eigenvalue weighted by molar-refractivity contribution is 7.18. The van der Waals surface area contributed by atoms with Crippen LogP contribution >= 0.6 is 11.3 Å². The second kappa shape index (κ2) is 8.57. The number of hydrogen-bond donors (Lipinski definition) is 2. The van der Waals surface area contributed by atoms with Gasteiger partial charge in [-0.1, -0.05) is 11.3 Å². The van der Waals surface area contributed by atoms with Gasteiger partial charge in [0.2, 0.25) is 0 Å². The van der Waals surface area contributed by atoms with Gasteiger partial charge in [0.05, 0.1) is 11.1 Å². The molecule has 2 N–H and O–H groups in total. The Morgan fingerprint density at radius 3 is 2.60 bits per heavy atom. The molecule has 2 saturated carbocycles. The first-order valence-corrected chi connectivity index (χ1v) is 11.8. The topological polar surface area (TPSA) is 81.1 Å². The Hall–Kier alpha value is -2.09. The average Bonchev–Trinajstić information content (AvgIpc) is 3.25. The Morgan fingerprint density at radius 2 is 1.93 bits per heavy atom. The fraction of sp³-hybridized carbons (Fsp3) is 0.682. The maximum absolute atomic E-state index is 12.0. The third kappa shape index (κ3) is 5.53. The highest BCUT2D eigenvalue weighted by atomic mass is 32.1. The van der Waals surface area contributed by atoms with Gasteiger partial charge in [0.15, 0.2) is 5.13 Å². The van der Waals surface area contributed by atoms with E-state index in [1.807, 2.05) is 44.9 Å². The predicted molar refractivity (Wildman–Crippen MR) is 120 cm³/mol. The number of thiazole rings is 1. The van der Waals surface area contributed by atoms with Crippen molar-refractivity contribution in [3.63, 3.8) is 0 Å². The molecule has 0 unspecified atom stereocenters. The van der Waals surface area contributed by atoms with Crippen LogP contribution in [0.2, 0.25) is 0 Å². The zero-order valence-electron chi connectivity index (χ0n) is 18.4. The summed E-state index contributed by atoms with van der Waals surface area (Å²) < 4.78 is 7.59. The molecule has 2 aliphatic rings. The molecular weight excluding hydrogens is 398 g/mol. The summed E-state index contributed by atoms with van der Waals surface area (Å²) in [5.74, 6) is 0.826. The number of aromatic nitrogens is 3. The van der Waals surface area contributed by atoms with Gasteiger partial charge in [-0.05, 0) is 71.6 Å². The van der Waals surface area contributed by atoms with Crippen molar-refractivity contribution in [1.29, 1.82) is 0 Å². The van der Waals surface area contributed by atoms with Gasteiger partial charge in [-0.3, -0.25) is 4.68 Å². The van der Waals surface area contributed by atoms with Crippen molar-refractivity contribution in [1.82, 2.24) is 20.1 Å². The first-order valence-electron chi connectivity index (χ1n) is 11.0. The van der Waals surface area contributed by atoms with E-state index in [4.69, 9.17) is 4.74 Å². The fourth-order valence-electron chi connectivity index (χ4n) is 3.96. The summed E-state index contributed by atoms with van der Waals surface area (Å²) >= 11 is 1.70. The Kier molecular flexibility index (Phi) is 6.04. The molecule has 2 fully saturated rings. The van der Waals surface area contributed by atoms with Crippen molar-refractivity contribution in [3.8, 4) is 10.4 Å². The molecule has 2 heterocycles. The molecule has 0 aromatic carbocycles. The lowest BCUT2D eigenvalue weighted by molar-refractivity contribution is 0.0682. The van der Waals surface area contributed by atoms with Crippen molar-refractivity contribution in [2.75, 3.05) is 5.32 Å². The number of ether oxygens (including phenoxy) is 1. The SMILES string of the molecule is Cn1ncc(-c2cnc(NC3CCC(OC(=O)NC(C)(C)C)CC3)s2)c1CC1CC1. The van der Waals surface area contributed by atoms with Crippen molar-refractivity contribution < 1.29 is 9.53 Å². The van der Waals surface area contributed by atoms with Crippen LogP contribution in [-0.4, -0.2) is 38.5 Å². The van der Waals surface area contributed by atoms with E-state index in [9.17, 15) is 4.79 Å². The van der Waals surface area contributed by atoms with E-state index in [-0.39, 0.29) is 17.7 Å². The Labute approximate surface area is 182 Å². The van der Waals surface area contributed by atoms with E-state index in [1.165, 1.54) is 29.0 Å². The number of amides is 1. The van der Waals surface area contributed by atoms with E-state index in [1.54, 1.807) is 11.3 Å². The number of nitrogens with zero attached hydrogens (tertiary/aromatic N) is 3. The monoisotopic (exact) mass is 431 g/mol. The van der Waals surface area contributed by atoms with E-state index in [0.29, 0.717) is 6.04 Å². The number of hydrogen-bond acceptors (Lipinski definition) is 6. The number of carbonyl (C=O) groups excluding carboxylic acids is 1. The van der Waals surface area contributed by atoms with Crippen LogP contribution < -0.4 is 10.6 Å². The van der Waals surface area contributed by atoms with E-state index in [2.05, 4.69) is 20.7 Å². The molecule has 2 aromatic rings. The van der Waals surface area contributed by atoms with Gasteiger partial charge in [0.25, 0.3) is 0 Å². The van der Waals surface area contributed by atoms with Crippen LogP contribution in [-0.2, 0) is 18.2 Å². The van der Waals surface area contributed by atoms with Crippen LogP contribution in [0.5, 0.6) is 0 Å². The Balaban J connectivity index is 1.29. The van der Waals surface area contributed by atoms with Gasteiger partial charge in [0.1, 0.15) is 6.10 Å². The van der Waals surface area contributed by atoms with Gasteiger partial charge >= 0.3 is 6.09 Å². The summed E-state index contributed by atoms with van der Waals surface area (Å²) in [4.78, 5) is 17.8. The van der Waals surface area contributed by atoms with Crippen molar-refractivity contribution >= 4 is 22.6 Å². The highest BCUT2D eigenvalue weighted by Gasteiger charge is 2.27. The van der Waals surface area contributed by atoms with Crippen LogP contribution in [0, 0.1) is 5.92 Å². The molecule has 0 bridgehead atoms. The number of aryl methyl sites for hydroxylation is 1.